The molecule has 0 atom stereocenters. The molecule has 0 aliphatic rings. The van der Waals surface area contributed by atoms with E-state index < -0.39 is 0 Å². The summed E-state index contributed by atoms with van der Waals surface area (Å²) in [5.41, 5.74) is 37.5. The van der Waals surface area contributed by atoms with E-state index in [2.05, 4.69) is 470 Å². The fourth-order valence-electron chi connectivity index (χ4n) is 22.8. The molecule has 22 aromatic carbocycles. The van der Waals surface area contributed by atoms with Gasteiger partial charge in [0.05, 0.1) is 99.3 Å². The average Bonchev–Trinajstić information content (AvgIpc) is 1.56. The molecule has 0 N–H and O–H groups in total. The summed E-state index contributed by atoms with van der Waals surface area (Å²) in [6, 6.07) is 189. The lowest BCUT2D eigenvalue weighted by molar-refractivity contribution is 1.08. The third-order valence-corrected chi connectivity index (χ3v) is 29.7. The van der Waals surface area contributed by atoms with E-state index in [1.54, 1.807) is 0 Å². The molecule has 0 radical (unpaired) electrons. The Labute approximate surface area is 861 Å². The quantitative estimate of drug-likeness (QED) is 0.114. The molecule has 9 aromatic heterocycles. The van der Waals surface area contributed by atoms with Crippen LogP contribution >= 0.6 is 0 Å². The molecular weight excluding hydrogens is 1830 g/mol. The van der Waals surface area contributed by atoms with E-state index in [0.717, 1.165) is 146 Å². The van der Waals surface area contributed by atoms with Gasteiger partial charge in [-0.05, 0) is 196 Å². The number of hydrogen-bond acceptors (Lipinski definition) is 6. The predicted octanol–water partition coefficient (Wildman–Crippen LogP) is 35.1. The Morgan fingerprint density at radius 1 is 0.107 bits per heavy atom. The van der Waals surface area contributed by atoms with E-state index in [0.29, 0.717) is 0 Å². The zero-order valence-electron chi connectivity index (χ0n) is 81.2. The van der Waals surface area contributed by atoms with Crippen molar-refractivity contribution < 1.29 is 0 Å². The van der Waals surface area contributed by atoms with E-state index in [9.17, 15) is 0 Å². The molecule has 0 saturated heterocycles. The first kappa shape index (κ1) is 86.3. The van der Waals surface area contributed by atoms with Crippen LogP contribution in [0.3, 0.4) is 0 Å². The minimum Gasteiger partial charge on any atom is -0.309 e. The Kier molecular flexibility index (Phi) is 20.7. The van der Waals surface area contributed by atoms with Gasteiger partial charge in [-0.2, -0.15) is 0 Å². The molecule has 0 amide bonds. The van der Waals surface area contributed by atoms with Gasteiger partial charge in [-0.1, -0.05) is 382 Å². The first-order chi connectivity index (χ1) is 74.4. The Morgan fingerprint density at radius 3 is 0.613 bits per heavy atom. The second-order valence-electron chi connectivity index (χ2n) is 38.4. The minimum atomic E-state index is 0.817. The van der Waals surface area contributed by atoms with Crippen molar-refractivity contribution in [3.8, 4) is 113 Å². The van der Waals surface area contributed by atoms with Gasteiger partial charge in [-0.15, -0.1) is 0 Å². The molecule has 0 spiro atoms. The number of fused-ring (bicyclic) bond motifs is 21. The molecule has 150 heavy (non-hydrogen) atoms. The van der Waals surface area contributed by atoms with Crippen LogP contribution < -0.4 is 0 Å². The van der Waals surface area contributed by atoms with Gasteiger partial charge >= 0.3 is 0 Å². The highest BCUT2D eigenvalue weighted by molar-refractivity contribution is 6.23. The summed E-state index contributed by atoms with van der Waals surface area (Å²) in [5, 5.41) is 14.3. The summed E-state index contributed by atoms with van der Waals surface area (Å²) in [7, 11) is 0. The van der Waals surface area contributed by atoms with Crippen molar-refractivity contribution in [2.45, 2.75) is 0 Å². The SMILES string of the molecule is c1ccc(-c2cc(-c3ccccc3)cc(-n3c4ccccc4c4cc5c(cc43)c3ccccc3n5-c3nc4ccccc4nc3-c3ccccc3)c2)cc1.c1ccc(-c2ccc(-n3c4ccccc4c4cc5c(cc43)c3ccccc3n5-c3nc4ccccc4nc3-c3ccccc3)cc2)cc1.c1ccc(-c2cccc(-n3c4ccccc4c4cc5c(cc43)c3ccccc3n5-c3nc4ccccc4nc3-c3ccccc3)c2)cc1. The van der Waals surface area contributed by atoms with Crippen LogP contribution in [0.4, 0.5) is 0 Å². The highest BCUT2D eigenvalue weighted by Crippen LogP contribution is 2.48. The number of hydrogen-bond donors (Lipinski definition) is 0. The molecular formula is C138H88N12. The lowest BCUT2D eigenvalue weighted by Crippen LogP contribution is -2.03. The van der Waals surface area contributed by atoms with Gasteiger partial charge in [-0.25, -0.2) is 29.9 Å². The van der Waals surface area contributed by atoms with Gasteiger partial charge in [0.1, 0.15) is 17.1 Å². The molecule has 700 valence electrons. The first-order valence-electron chi connectivity index (χ1n) is 50.9. The van der Waals surface area contributed by atoms with Gasteiger partial charge in [0.15, 0.2) is 17.5 Å². The number of benzene rings is 22. The Morgan fingerprint density at radius 2 is 0.313 bits per heavy atom. The average molecular weight is 1910 g/mol. The molecule has 0 aliphatic carbocycles. The maximum absolute atomic E-state index is 5.36. The van der Waals surface area contributed by atoms with Crippen LogP contribution in [0.15, 0.2) is 534 Å². The summed E-state index contributed by atoms with van der Waals surface area (Å²) in [6.45, 7) is 0. The van der Waals surface area contributed by atoms with E-state index in [-0.39, 0.29) is 0 Å². The van der Waals surface area contributed by atoms with E-state index in [1.807, 2.05) is 91.0 Å². The van der Waals surface area contributed by atoms with Crippen molar-refractivity contribution in [2.75, 3.05) is 0 Å². The predicted molar refractivity (Wildman–Crippen MR) is 623 cm³/mol. The van der Waals surface area contributed by atoms with Crippen molar-refractivity contribution in [3.63, 3.8) is 0 Å². The van der Waals surface area contributed by atoms with Crippen molar-refractivity contribution in [3.05, 3.63) is 534 Å². The van der Waals surface area contributed by atoms with Gasteiger partial charge in [0, 0.05) is 98.4 Å². The fourth-order valence-corrected chi connectivity index (χ4v) is 22.8. The number of rotatable bonds is 13. The molecule has 0 bridgehead atoms. The van der Waals surface area contributed by atoms with Crippen LogP contribution in [0.2, 0.25) is 0 Å². The monoisotopic (exact) mass is 1910 g/mol. The molecule has 31 rings (SSSR count). The van der Waals surface area contributed by atoms with Crippen LogP contribution in [-0.4, -0.2) is 57.3 Å². The number of nitrogens with zero attached hydrogens (tertiary/aromatic N) is 12. The first-order valence-corrected chi connectivity index (χ1v) is 50.9. The molecule has 9 heterocycles. The van der Waals surface area contributed by atoms with Crippen LogP contribution in [0, 0.1) is 0 Å². The van der Waals surface area contributed by atoms with Crippen LogP contribution in [0.25, 0.3) is 277 Å². The zero-order chi connectivity index (χ0) is 98.8. The number of para-hydroxylation sites is 12. The molecule has 0 unspecified atom stereocenters. The third kappa shape index (κ3) is 14.6. The van der Waals surface area contributed by atoms with Crippen molar-refractivity contribution in [2.24, 2.45) is 0 Å². The Balaban J connectivity index is 0.000000106. The minimum absolute atomic E-state index is 0.817. The normalized spacial score (nSPS) is 11.7. The molecule has 12 heteroatoms. The summed E-state index contributed by atoms with van der Waals surface area (Å²) >= 11 is 0. The van der Waals surface area contributed by atoms with Gasteiger partial charge in [0.25, 0.3) is 0 Å². The Hall–Kier alpha value is -20.3. The lowest BCUT2D eigenvalue weighted by Gasteiger charge is -2.14. The summed E-state index contributed by atoms with van der Waals surface area (Å²) in [5.74, 6) is 2.47. The van der Waals surface area contributed by atoms with E-state index >= 15 is 0 Å². The topological polar surface area (TPSA) is 107 Å². The molecule has 0 aliphatic heterocycles. The second kappa shape index (κ2) is 35.9. The highest BCUT2D eigenvalue weighted by atomic mass is 15.1. The summed E-state index contributed by atoms with van der Waals surface area (Å²) < 4.78 is 14.2. The highest BCUT2D eigenvalue weighted by Gasteiger charge is 2.29. The smallest absolute Gasteiger partial charge is 0.165 e. The summed E-state index contributed by atoms with van der Waals surface area (Å²) in [6.07, 6.45) is 0. The van der Waals surface area contributed by atoms with Gasteiger partial charge in [0.2, 0.25) is 0 Å². The summed E-state index contributed by atoms with van der Waals surface area (Å²) in [4.78, 5) is 31.7. The Bertz CT molecular complexity index is 10700. The fraction of sp³-hybridized carbons (Fsp3) is 0. The largest absolute Gasteiger partial charge is 0.309 e. The molecule has 12 nitrogen and oxygen atoms in total. The zero-order valence-corrected chi connectivity index (χ0v) is 81.2. The van der Waals surface area contributed by atoms with Crippen molar-refractivity contribution in [1.29, 1.82) is 0 Å². The second-order valence-corrected chi connectivity index (χ2v) is 38.4. The number of aromatic nitrogens is 12. The molecule has 31 aromatic rings. The van der Waals surface area contributed by atoms with Crippen LogP contribution in [0.5, 0.6) is 0 Å². The maximum atomic E-state index is 5.36. The lowest BCUT2D eigenvalue weighted by atomic mass is 9.98. The molecule has 0 saturated carbocycles. The molecule has 0 fully saturated rings. The van der Waals surface area contributed by atoms with Gasteiger partial charge < -0.3 is 13.7 Å². The van der Waals surface area contributed by atoms with Gasteiger partial charge in [-0.3, -0.25) is 13.7 Å². The third-order valence-electron chi connectivity index (χ3n) is 29.7. The van der Waals surface area contributed by atoms with E-state index in [4.69, 9.17) is 29.9 Å². The van der Waals surface area contributed by atoms with Crippen molar-refractivity contribution in [1.82, 2.24) is 57.3 Å². The van der Waals surface area contributed by atoms with Crippen LogP contribution in [0.1, 0.15) is 0 Å². The van der Waals surface area contributed by atoms with Crippen LogP contribution in [-0.2, 0) is 0 Å². The van der Waals surface area contributed by atoms with Crippen molar-refractivity contribution >= 4 is 164 Å². The standard InChI is InChI=1S/C50H32N4.2C44H28N4/c1-4-16-33(17-5-1)36-28-37(34-18-6-2-7-19-34)30-38(29-36)53-45-26-14-10-22-39(45)41-32-48-42(31-47(41)53)40-23-11-15-27-46(40)54(48)50-49(35-20-8-3-9-21-35)51-43-24-12-13-25-44(43)52-50;1-3-14-29(15-4-1)31-18-13-19-32(26-31)47-39-24-11-7-20-33(39)35-28-42-36(27-41(35)47)34-21-8-12-25-40(34)48(42)44-43(30-16-5-2-6-17-30)45-37-22-9-10-23-38(37)46-44;1-3-13-29(14-4-1)30-23-25-32(26-24-30)47-39-21-11-7-17-33(39)35-28-42-36(27-41(35)47)34-18-8-12-22-40(34)48(42)44-43(31-15-5-2-6-16-31)45-37-19-9-10-20-38(37)46-44/h1-32H;2*1-28H. The van der Waals surface area contributed by atoms with E-state index in [1.165, 1.54) is 131 Å². The maximum Gasteiger partial charge on any atom is 0.165 e.